The smallest absolute Gasteiger partial charge is 0.446 e. The number of ether oxygens (including phenoxy) is 1. The van der Waals surface area contributed by atoms with Crippen LogP contribution in [0.3, 0.4) is 0 Å². The number of rotatable bonds is 14. The largest absolute Gasteiger partial charge is 0.513 e. The normalized spacial score (nSPS) is 14.1. The Bertz CT molecular complexity index is 1390. The van der Waals surface area contributed by atoms with Gasteiger partial charge in [-0.3, -0.25) is 4.90 Å². The van der Waals surface area contributed by atoms with Crippen LogP contribution in [-0.2, 0) is 13.0 Å². The molecule has 0 amide bonds. The molecule has 0 spiro atoms. The van der Waals surface area contributed by atoms with Gasteiger partial charge in [0.2, 0.25) is 0 Å². The van der Waals surface area contributed by atoms with E-state index < -0.39 is 5.51 Å². The Balaban J connectivity index is 1.53. The van der Waals surface area contributed by atoms with E-state index in [4.69, 9.17) is 16.3 Å². The highest BCUT2D eigenvalue weighted by molar-refractivity contribution is 8.00. The van der Waals surface area contributed by atoms with Crippen LogP contribution < -0.4 is 4.74 Å². The van der Waals surface area contributed by atoms with Gasteiger partial charge in [0.15, 0.2) is 0 Å². The molecule has 0 bridgehead atoms. The summed E-state index contributed by atoms with van der Waals surface area (Å²) >= 11 is 6.35. The lowest BCUT2D eigenvalue weighted by molar-refractivity contribution is -0.0328. The van der Waals surface area contributed by atoms with Gasteiger partial charge in [0, 0.05) is 36.9 Å². The summed E-state index contributed by atoms with van der Waals surface area (Å²) in [7, 11) is 0. The number of thioether (sulfide) groups is 1. The number of hydrogen-bond acceptors (Lipinski definition) is 4. The van der Waals surface area contributed by atoms with E-state index in [1.54, 1.807) is 12.1 Å². The summed E-state index contributed by atoms with van der Waals surface area (Å²) in [4.78, 5) is 2.26. The van der Waals surface area contributed by atoms with Crippen LogP contribution >= 0.6 is 23.4 Å². The lowest BCUT2D eigenvalue weighted by Gasteiger charge is -2.30. The molecule has 0 fully saturated rings. The number of aliphatic hydroxyl groups is 1. The molecule has 0 saturated heterocycles. The molecule has 8 heteroatoms. The molecule has 1 atom stereocenters. The van der Waals surface area contributed by atoms with E-state index in [2.05, 4.69) is 41.8 Å². The second kappa shape index (κ2) is 15.4. The van der Waals surface area contributed by atoms with E-state index in [0.29, 0.717) is 50.4 Å². The first-order valence-corrected chi connectivity index (χ1v) is 15.1. The molecule has 1 unspecified atom stereocenters. The van der Waals surface area contributed by atoms with Crippen molar-refractivity contribution in [3.63, 3.8) is 0 Å². The van der Waals surface area contributed by atoms with Gasteiger partial charge in [-0.05, 0) is 71.5 Å². The highest BCUT2D eigenvalue weighted by Gasteiger charge is 2.31. The molecule has 1 aliphatic rings. The maximum Gasteiger partial charge on any atom is 0.446 e. The summed E-state index contributed by atoms with van der Waals surface area (Å²) in [6.45, 7) is 5.73. The van der Waals surface area contributed by atoms with Gasteiger partial charge in [-0.15, -0.1) is 0 Å². The zero-order valence-corrected chi connectivity index (χ0v) is 24.9. The second-order valence-corrected chi connectivity index (χ2v) is 11.7. The zero-order valence-electron chi connectivity index (χ0n) is 23.3. The summed E-state index contributed by atoms with van der Waals surface area (Å²) < 4.78 is 45.5. The SMILES string of the molecule is C=C(O)Cc1cccc(OCCCN(Cc2cccc(SC(F)(F)F)c2Cl)CC(C2=CCCC=C2)c2ccccc2)c1. The van der Waals surface area contributed by atoms with Crippen molar-refractivity contribution in [3.8, 4) is 5.75 Å². The van der Waals surface area contributed by atoms with Crippen LogP contribution in [-0.4, -0.2) is 35.2 Å². The highest BCUT2D eigenvalue weighted by Crippen LogP contribution is 2.41. The van der Waals surface area contributed by atoms with Gasteiger partial charge in [-0.25, -0.2) is 0 Å². The number of hydrogen-bond donors (Lipinski definition) is 1. The fourth-order valence-electron chi connectivity index (χ4n) is 5.06. The van der Waals surface area contributed by atoms with Gasteiger partial charge in [0.25, 0.3) is 0 Å². The van der Waals surface area contributed by atoms with Gasteiger partial charge in [-0.1, -0.05) is 91.0 Å². The molecule has 0 heterocycles. The number of allylic oxidation sites excluding steroid dienone is 4. The minimum atomic E-state index is -4.42. The second-order valence-electron chi connectivity index (χ2n) is 10.3. The van der Waals surface area contributed by atoms with Gasteiger partial charge in [0.05, 0.1) is 17.4 Å². The lowest BCUT2D eigenvalue weighted by atomic mass is 9.87. The molecule has 1 N–H and O–H groups in total. The predicted molar refractivity (Wildman–Crippen MR) is 166 cm³/mol. The fraction of sp³-hybridized carbons (Fsp3) is 0.294. The third-order valence-electron chi connectivity index (χ3n) is 6.93. The van der Waals surface area contributed by atoms with E-state index in [0.717, 1.165) is 18.4 Å². The van der Waals surface area contributed by atoms with Crippen molar-refractivity contribution in [2.75, 3.05) is 19.7 Å². The van der Waals surface area contributed by atoms with Crippen molar-refractivity contribution in [1.82, 2.24) is 4.90 Å². The molecule has 42 heavy (non-hydrogen) atoms. The molecule has 3 aromatic carbocycles. The van der Waals surface area contributed by atoms with Crippen LogP contribution in [0.5, 0.6) is 5.75 Å². The molecule has 4 rings (SSSR count). The first-order chi connectivity index (χ1) is 20.2. The van der Waals surface area contributed by atoms with Crippen molar-refractivity contribution < 1.29 is 23.0 Å². The Kier molecular flexibility index (Phi) is 11.6. The van der Waals surface area contributed by atoms with Gasteiger partial charge in [0.1, 0.15) is 5.75 Å². The van der Waals surface area contributed by atoms with Gasteiger partial charge in [-0.2, -0.15) is 13.2 Å². The molecule has 3 aromatic rings. The molecule has 0 radical (unpaired) electrons. The summed E-state index contributed by atoms with van der Waals surface area (Å²) in [6.07, 6.45) is 9.71. The van der Waals surface area contributed by atoms with Crippen LogP contribution in [0.1, 0.15) is 41.9 Å². The average molecular weight is 614 g/mol. The predicted octanol–water partition coefficient (Wildman–Crippen LogP) is 9.90. The van der Waals surface area contributed by atoms with Crippen molar-refractivity contribution >= 4 is 23.4 Å². The summed E-state index contributed by atoms with van der Waals surface area (Å²) in [6, 6.07) is 22.7. The molecule has 0 aromatic heterocycles. The maximum atomic E-state index is 13.2. The quantitative estimate of drug-likeness (QED) is 0.111. The van der Waals surface area contributed by atoms with Crippen LogP contribution in [0.2, 0.25) is 5.02 Å². The van der Waals surface area contributed by atoms with E-state index in [1.165, 1.54) is 17.2 Å². The number of halogens is 4. The molecule has 0 aliphatic heterocycles. The number of benzene rings is 3. The molecular formula is C34H35ClF3NO2S. The van der Waals surface area contributed by atoms with Crippen molar-refractivity contribution in [3.05, 3.63) is 131 Å². The van der Waals surface area contributed by atoms with Gasteiger partial charge >= 0.3 is 5.51 Å². The number of nitrogens with zero attached hydrogens (tertiary/aromatic N) is 1. The van der Waals surface area contributed by atoms with Gasteiger partial charge < -0.3 is 9.84 Å². The Hall–Kier alpha value is -3.13. The summed E-state index contributed by atoms with van der Waals surface area (Å²) in [5.74, 6) is 0.897. The Morgan fingerprint density at radius 3 is 2.55 bits per heavy atom. The summed E-state index contributed by atoms with van der Waals surface area (Å²) in [5.41, 5.74) is -0.426. The highest BCUT2D eigenvalue weighted by atomic mass is 35.5. The average Bonchev–Trinajstić information content (AvgIpc) is 2.96. The van der Waals surface area contributed by atoms with Crippen LogP contribution in [0.25, 0.3) is 0 Å². The molecule has 0 saturated carbocycles. The first kappa shape index (κ1) is 31.8. The standard InChI is InChI=1S/C34H35ClF3NO2S/c1-25(40)21-26-11-8-17-30(22-26)41-20-10-19-39(23-29-16-9-18-32(33(29)35)42-34(36,37)38)24-31(27-12-4-2-5-13-27)28-14-6-3-7-15-28/h2,4-6,8-9,11-18,22,31,40H,1,3,7,10,19-21,23-24H2. The molecule has 3 nitrogen and oxygen atoms in total. The topological polar surface area (TPSA) is 32.7 Å². The van der Waals surface area contributed by atoms with E-state index in [-0.39, 0.29) is 33.4 Å². The van der Waals surface area contributed by atoms with E-state index >= 15 is 0 Å². The van der Waals surface area contributed by atoms with E-state index in [9.17, 15) is 18.3 Å². The molecule has 222 valence electrons. The minimum Gasteiger partial charge on any atom is -0.513 e. The van der Waals surface area contributed by atoms with Crippen molar-refractivity contribution in [2.24, 2.45) is 0 Å². The number of alkyl halides is 3. The third-order valence-corrected chi connectivity index (χ3v) is 8.28. The van der Waals surface area contributed by atoms with Crippen LogP contribution in [0.4, 0.5) is 13.2 Å². The lowest BCUT2D eigenvalue weighted by Crippen LogP contribution is -2.31. The number of aliphatic hydroxyl groups excluding tert-OH is 1. The monoisotopic (exact) mass is 613 g/mol. The molecular weight excluding hydrogens is 579 g/mol. The molecule has 1 aliphatic carbocycles. The first-order valence-electron chi connectivity index (χ1n) is 13.9. The van der Waals surface area contributed by atoms with E-state index in [1.807, 2.05) is 42.5 Å². The van der Waals surface area contributed by atoms with Crippen LogP contribution in [0.15, 0.2) is 114 Å². The summed E-state index contributed by atoms with van der Waals surface area (Å²) in [5, 5.41) is 9.65. The van der Waals surface area contributed by atoms with Crippen molar-refractivity contribution in [1.29, 1.82) is 0 Å². The Morgan fingerprint density at radius 2 is 1.83 bits per heavy atom. The maximum absolute atomic E-state index is 13.2. The van der Waals surface area contributed by atoms with Crippen LogP contribution in [0, 0.1) is 0 Å². The van der Waals surface area contributed by atoms with Crippen molar-refractivity contribution in [2.45, 2.75) is 48.5 Å². The minimum absolute atomic E-state index is 0.00734. The Labute approximate surface area is 255 Å². The zero-order chi connectivity index (χ0) is 30.0. The fourth-order valence-corrected chi connectivity index (χ4v) is 5.97. The Morgan fingerprint density at radius 1 is 1.05 bits per heavy atom. The third kappa shape index (κ3) is 10.0.